The number of rotatable bonds is 3. The van der Waals surface area contributed by atoms with E-state index in [2.05, 4.69) is 15.9 Å². The minimum atomic E-state index is -0.331. The molecule has 0 radical (unpaired) electrons. The van der Waals surface area contributed by atoms with Crippen LogP contribution in [-0.2, 0) is 0 Å². The van der Waals surface area contributed by atoms with E-state index >= 15 is 0 Å². The van der Waals surface area contributed by atoms with Gasteiger partial charge in [-0.3, -0.25) is 4.79 Å². The van der Waals surface area contributed by atoms with Gasteiger partial charge in [-0.15, -0.1) is 0 Å². The number of carbonyl (C=O) groups excluding carboxylic acids is 1. The monoisotopic (exact) mass is 349 g/mol. The molecule has 0 fully saturated rings. The minimum absolute atomic E-state index is 0.124. The average Bonchev–Trinajstić information content (AvgIpc) is 2.48. The summed E-state index contributed by atoms with van der Waals surface area (Å²) in [6, 6.07) is 11.7. The van der Waals surface area contributed by atoms with Crippen LogP contribution < -0.4 is 0 Å². The average molecular weight is 350 g/mol. The first-order valence-electron chi connectivity index (χ1n) is 6.69. The lowest BCUT2D eigenvalue weighted by atomic mass is 10.0. The molecule has 0 heterocycles. The SMILES string of the molecule is Cc1cc(C(=O)N(C)C(C)c2ccccc2F)ccc1Br. The normalized spacial score (nSPS) is 12.0. The van der Waals surface area contributed by atoms with Crippen LogP contribution in [0.2, 0.25) is 0 Å². The van der Waals surface area contributed by atoms with Crippen molar-refractivity contribution in [3.8, 4) is 0 Å². The van der Waals surface area contributed by atoms with Crippen LogP contribution in [0, 0.1) is 12.7 Å². The smallest absolute Gasteiger partial charge is 0.254 e. The first-order chi connectivity index (χ1) is 9.91. The topological polar surface area (TPSA) is 20.3 Å². The maximum Gasteiger partial charge on any atom is 0.254 e. The highest BCUT2D eigenvalue weighted by Crippen LogP contribution is 2.24. The van der Waals surface area contributed by atoms with Gasteiger partial charge in [0.25, 0.3) is 5.91 Å². The fourth-order valence-corrected chi connectivity index (χ4v) is 2.43. The Morgan fingerprint density at radius 2 is 1.90 bits per heavy atom. The number of hydrogen-bond acceptors (Lipinski definition) is 1. The lowest BCUT2D eigenvalue weighted by Gasteiger charge is -2.26. The van der Waals surface area contributed by atoms with Gasteiger partial charge in [0.1, 0.15) is 5.82 Å². The van der Waals surface area contributed by atoms with Gasteiger partial charge in [0.05, 0.1) is 6.04 Å². The Kier molecular flexibility index (Phi) is 4.78. The van der Waals surface area contributed by atoms with Gasteiger partial charge >= 0.3 is 0 Å². The molecule has 0 aliphatic heterocycles. The summed E-state index contributed by atoms with van der Waals surface area (Å²) in [5.41, 5.74) is 2.11. The number of amides is 1. The molecule has 1 unspecified atom stereocenters. The van der Waals surface area contributed by atoms with Gasteiger partial charge in [-0.25, -0.2) is 4.39 Å². The van der Waals surface area contributed by atoms with E-state index in [0.29, 0.717) is 11.1 Å². The molecular weight excluding hydrogens is 333 g/mol. The molecule has 2 rings (SSSR count). The quantitative estimate of drug-likeness (QED) is 0.784. The molecule has 0 aliphatic carbocycles. The molecule has 2 aromatic rings. The molecule has 0 saturated carbocycles. The molecule has 1 amide bonds. The summed E-state index contributed by atoms with van der Waals surface area (Å²) >= 11 is 3.42. The Hall–Kier alpha value is -1.68. The summed E-state index contributed by atoms with van der Waals surface area (Å²) in [6.07, 6.45) is 0. The third-order valence-electron chi connectivity index (χ3n) is 3.66. The molecule has 0 saturated heterocycles. The van der Waals surface area contributed by atoms with Gasteiger partial charge < -0.3 is 4.90 Å². The number of halogens is 2. The highest BCUT2D eigenvalue weighted by atomic mass is 79.9. The van der Waals surface area contributed by atoms with Crippen LogP contribution in [0.15, 0.2) is 46.9 Å². The zero-order valence-corrected chi connectivity index (χ0v) is 13.8. The number of hydrogen-bond donors (Lipinski definition) is 0. The standard InChI is InChI=1S/C17H17BrFNO/c1-11-10-13(8-9-15(11)18)17(21)20(3)12(2)14-6-4-5-7-16(14)19/h4-10,12H,1-3H3. The molecule has 0 bridgehead atoms. The van der Waals surface area contributed by atoms with Crippen LogP contribution in [0.3, 0.4) is 0 Å². The molecule has 1 atom stereocenters. The van der Waals surface area contributed by atoms with E-state index in [4.69, 9.17) is 0 Å². The number of benzene rings is 2. The van der Waals surface area contributed by atoms with Crippen LogP contribution in [0.25, 0.3) is 0 Å². The Labute approximate surface area is 132 Å². The van der Waals surface area contributed by atoms with Crippen LogP contribution >= 0.6 is 15.9 Å². The van der Waals surface area contributed by atoms with Gasteiger partial charge in [0.2, 0.25) is 0 Å². The van der Waals surface area contributed by atoms with E-state index in [0.717, 1.165) is 10.0 Å². The Balaban J connectivity index is 2.26. The van der Waals surface area contributed by atoms with Crippen LogP contribution in [0.5, 0.6) is 0 Å². The first-order valence-corrected chi connectivity index (χ1v) is 7.49. The van der Waals surface area contributed by atoms with Gasteiger partial charge in [0.15, 0.2) is 0 Å². The number of nitrogens with zero attached hydrogens (tertiary/aromatic N) is 1. The number of carbonyl (C=O) groups is 1. The second-order valence-corrected chi connectivity index (χ2v) is 5.93. The van der Waals surface area contributed by atoms with Gasteiger partial charge in [-0.1, -0.05) is 34.1 Å². The van der Waals surface area contributed by atoms with Crippen molar-refractivity contribution in [2.24, 2.45) is 0 Å². The van der Waals surface area contributed by atoms with Crippen LogP contribution in [0.1, 0.15) is 34.5 Å². The molecule has 2 nitrogen and oxygen atoms in total. The van der Waals surface area contributed by atoms with E-state index in [-0.39, 0.29) is 17.8 Å². The fourth-order valence-electron chi connectivity index (χ4n) is 2.18. The summed E-state index contributed by atoms with van der Waals surface area (Å²) in [4.78, 5) is 14.1. The lowest BCUT2D eigenvalue weighted by molar-refractivity contribution is 0.0740. The maximum atomic E-state index is 13.8. The number of aryl methyl sites for hydroxylation is 1. The molecule has 0 aromatic heterocycles. The van der Waals surface area contributed by atoms with Crippen molar-refractivity contribution in [1.82, 2.24) is 4.90 Å². The molecule has 2 aromatic carbocycles. The van der Waals surface area contributed by atoms with Gasteiger partial charge in [-0.2, -0.15) is 0 Å². The first kappa shape index (κ1) is 15.7. The summed E-state index contributed by atoms with van der Waals surface area (Å²) in [7, 11) is 1.69. The van der Waals surface area contributed by atoms with E-state index in [1.54, 1.807) is 36.2 Å². The second-order valence-electron chi connectivity index (χ2n) is 5.08. The van der Waals surface area contributed by atoms with E-state index in [1.165, 1.54) is 6.07 Å². The zero-order valence-electron chi connectivity index (χ0n) is 12.2. The molecule has 0 spiro atoms. The summed E-state index contributed by atoms with van der Waals surface area (Å²) in [5.74, 6) is -0.419. The van der Waals surface area contributed by atoms with E-state index in [9.17, 15) is 9.18 Å². The molecule has 21 heavy (non-hydrogen) atoms. The Bertz CT molecular complexity index is 672. The largest absolute Gasteiger partial charge is 0.335 e. The molecular formula is C17H17BrFNO. The predicted molar refractivity (Wildman–Crippen MR) is 85.8 cm³/mol. The second kappa shape index (κ2) is 6.39. The van der Waals surface area contributed by atoms with Crippen molar-refractivity contribution in [2.45, 2.75) is 19.9 Å². The van der Waals surface area contributed by atoms with Crippen molar-refractivity contribution in [3.05, 3.63) is 69.4 Å². The molecule has 4 heteroatoms. The third kappa shape index (κ3) is 3.32. The van der Waals surface area contributed by atoms with Gasteiger partial charge in [-0.05, 0) is 43.7 Å². The van der Waals surface area contributed by atoms with Gasteiger partial charge in [0, 0.05) is 22.6 Å². The third-order valence-corrected chi connectivity index (χ3v) is 4.55. The predicted octanol–water partition coefficient (Wildman–Crippen LogP) is 4.73. The highest BCUT2D eigenvalue weighted by molar-refractivity contribution is 9.10. The Morgan fingerprint density at radius 3 is 2.52 bits per heavy atom. The van der Waals surface area contributed by atoms with E-state index < -0.39 is 0 Å². The van der Waals surface area contributed by atoms with Crippen molar-refractivity contribution < 1.29 is 9.18 Å². The molecule has 110 valence electrons. The van der Waals surface area contributed by atoms with Crippen LogP contribution in [0.4, 0.5) is 4.39 Å². The van der Waals surface area contributed by atoms with Crippen molar-refractivity contribution >= 4 is 21.8 Å². The van der Waals surface area contributed by atoms with Crippen molar-refractivity contribution in [3.63, 3.8) is 0 Å². The zero-order chi connectivity index (χ0) is 15.6. The highest BCUT2D eigenvalue weighted by Gasteiger charge is 2.21. The molecule has 0 N–H and O–H groups in total. The Morgan fingerprint density at radius 1 is 1.24 bits per heavy atom. The van der Waals surface area contributed by atoms with Crippen LogP contribution in [-0.4, -0.2) is 17.9 Å². The van der Waals surface area contributed by atoms with Crippen molar-refractivity contribution in [2.75, 3.05) is 7.05 Å². The fraction of sp³-hybridized carbons (Fsp3) is 0.235. The summed E-state index contributed by atoms with van der Waals surface area (Å²) < 4.78 is 14.8. The minimum Gasteiger partial charge on any atom is -0.335 e. The maximum absolute atomic E-state index is 13.8. The molecule has 0 aliphatic rings. The summed E-state index contributed by atoms with van der Waals surface area (Å²) in [6.45, 7) is 3.75. The summed E-state index contributed by atoms with van der Waals surface area (Å²) in [5, 5.41) is 0. The van der Waals surface area contributed by atoms with Crippen molar-refractivity contribution in [1.29, 1.82) is 0 Å². The lowest BCUT2D eigenvalue weighted by Crippen LogP contribution is -2.30. The van der Waals surface area contributed by atoms with E-state index in [1.807, 2.05) is 26.0 Å².